The lowest BCUT2D eigenvalue weighted by Gasteiger charge is -2.58. The molecule has 1 aromatic rings. The Bertz CT molecular complexity index is 1240. The molecule has 1 amide bonds. The smallest absolute Gasteiger partial charge is 0.306 e. The number of methoxy groups -OCH3 is 1. The zero-order valence-corrected chi connectivity index (χ0v) is 24.5. The van der Waals surface area contributed by atoms with Crippen molar-refractivity contribution in [2.45, 2.75) is 90.2 Å². The maximum Gasteiger partial charge on any atom is 0.306 e. The zero-order chi connectivity index (χ0) is 29.4. The molecule has 0 spiro atoms. The Morgan fingerprint density at radius 1 is 0.976 bits per heavy atom. The molecule has 41 heavy (non-hydrogen) atoms. The van der Waals surface area contributed by atoms with Gasteiger partial charge in [0.25, 0.3) is 0 Å². The van der Waals surface area contributed by atoms with E-state index in [0.29, 0.717) is 31.2 Å². The van der Waals surface area contributed by atoms with Crippen molar-refractivity contribution < 1.29 is 33.8 Å². The fourth-order valence-corrected chi connectivity index (χ4v) is 8.62. The molecule has 0 bridgehead atoms. The van der Waals surface area contributed by atoms with E-state index in [1.807, 2.05) is 37.3 Å². The minimum atomic E-state index is -1.53. The summed E-state index contributed by atoms with van der Waals surface area (Å²) in [5.74, 6) is 0.698. The van der Waals surface area contributed by atoms with Crippen LogP contribution in [0.1, 0.15) is 83.6 Å². The summed E-state index contributed by atoms with van der Waals surface area (Å²) in [7, 11) is 1.59. The third kappa shape index (κ3) is 5.36. The highest BCUT2D eigenvalue weighted by molar-refractivity contribution is 5.92. The number of rotatable bonds is 9. The van der Waals surface area contributed by atoms with E-state index in [2.05, 4.69) is 12.2 Å². The molecule has 3 unspecified atom stereocenters. The van der Waals surface area contributed by atoms with Crippen molar-refractivity contribution in [2.75, 3.05) is 13.7 Å². The Kier molecular flexibility index (Phi) is 8.16. The molecule has 6 atom stereocenters. The number of ketones is 2. The zero-order valence-electron chi connectivity index (χ0n) is 24.5. The lowest BCUT2D eigenvalue weighted by Crippen LogP contribution is -2.58. The van der Waals surface area contributed by atoms with Crippen LogP contribution in [0.25, 0.3) is 0 Å². The Labute approximate surface area is 242 Å². The molecular weight excluding hydrogens is 522 g/mol. The Hall–Kier alpha value is -3.00. The van der Waals surface area contributed by atoms with Crippen LogP contribution in [0.5, 0.6) is 5.75 Å². The van der Waals surface area contributed by atoms with Gasteiger partial charge in [0.15, 0.2) is 12.4 Å². The summed E-state index contributed by atoms with van der Waals surface area (Å²) in [6, 6.07) is 7.33. The first kappa shape index (κ1) is 29.5. The Morgan fingerprint density at radius 3 is 2.44 bits per heavy atom. The molecule has 8 nitrogen and oxygen atoms in total. The predicted octanol–water partition coefficient (Wildman–Crippen LogP) is 4.47. The summed E-state index contributed by atoms with van der Waals surface area (Å²) in [4.78, 5) is 50.1. The molecule has 0 radical (unpaired) electrons. The average molecular weight is 566 g/mol. The summed E-state index contributed by atoms with van der Waals surface area (Å²) in [5.41, 5.74) is 0.133. The van der Waals surface area contributed by atoms with Gasteiger partial charge in [0.05, 0.1) is 13.5 Å². The number of hydrogen-bond acceptors (Lipinski definition) is 7. The molecular formula is C33H43NO7. The molecule has 4 aliphatic carbocycles. The second-order valence-electron chi connectivity index (χ2n) is 13.0. The van der Waals surface area contributed by atoms with Crippen LogP contribution >= 0.6 is 0 Å². The molecule has 0 aromatic heterocycles. The van der Waals surface area contributed by atoms with E-state index < -0.39 is 29.4 Å². The Balaban J connectivity index is 1.12. The van der Waals surface area contributed by atoms with Gasteiger partial charge in [-0.25, -0.2) is 0 Å². The molecule has 4 aliphatic rings. The number of hydrogen-bond donors (Lipinski definition) is 2. The number of amides is 1. The van der Waals surface area contributed by atoms with E-state index in [-0.39, 0.29) is 35.9 Å². The van der Waals surface area contributed by atoms with Gasteiger partial charge in [-0.15, -0.1) is 0 Å². The van der Waals surface area contributed by atoms with Crippen LogP contribution in [0.2, 0.25) is 0 Å². The number of esters is 1. The van der Waals surface area contributed by atoms with Gasteiger partial charge in [-0.2, -0.15) is 0 Å². The van der Waals surface area contributed by atoms with Crippen molar-refractivity contribution in [2.24, 2.45) is 28.6 Å². The fraction of sp³-hybridized carbons (Fsp3) is 0.636. The minimum absolute atomic E-state index is 0.0271. The first-order valence-electron chi connectivity index (χ1n) is 15.0. The van der Waals surface area contributed by atoms with Crippen LogP contribution in [-0.2, 0) is 30.5 Å². The molecule has 0 aliphatic heterocycles. The highest BCUT2D eigenvalue weighted by Gasteiger charge is 2.66. The summed E-state index contributed by atoms with van der Waals surface area (Å²) in [6.45, 7) is 4.22. The van der Waals surface area contributed by atoms with Crippen LogP contribution in [0.4, 0.5) is 0 Å². The van der Waals surface area contributed by atoms with Crippen LogP contribution in [0, 0.1) is 28.6 Å². The second-order valence-corrected chi connectivity index (χ2v) is 13.0. The van der Waals surface area contributed by atoms with Crippen LogP contribution in [-0.4, -0.2) is 47.9 Å². The first-order chi connectivity index (χ1) is 19.5. The maximum atomic E-state index is 13.4. The van der Waals surface area contributed by atoms with Gasteiger partial charge in [-0.05, 0) is 91.9 Å². The van der Waals surface area contributed by atoms with E-state index in [1.54, 1.807) is 7.11 Å². The number of Topliss-reactive ketones (excluding diaryl/α,β-unsaturated/α-hetero) is 1. The van der Waals surface area contributed by atoms with E-state index in [4.69, 9.17) is 9.47 Å². The third-order valence-corrected chi connectivity index (χ3v) is 11.1. The lowest BCUT2D eigenvalue weighted by molar-refractivity contribution is -0.170. The normalized spacial score (nSPS) is 34.0. The van der Waals surface area contributed by atoms with Crippen molar-refractivity contribution in [1.29, 1.82) is 0 Å². The first-order valence-corrected chi connectivity index (χ1v) is 15.0. The number of ether oxygens (including phenoxy) is 2. The topological polar surface area (TPSA) is 119 Å². The summed E-state index contributed by atoms with van der Waals surface area (Å²) < 4.78 is 10.4. The minimum Gasteiger partial charge on any atom is -0.497 e. The van der Waals surface area contributed by atoms with Gasteiger partial charge in [0.2, 0.25) is 11.7 Å². The maximum absolute atomic E-state index is 13.4. The predicted molar refractivity (Wildman–Crippen MR) is 152 cm³/mol. The summed E-state index contributed by atoms with van der Waals surface area (Å²) in [5, 5.41) is 14.6. The van der Waals surface area contributed by atoms with E-state index in [0.717, 1.165) is 49.8 Å². The number of benzene rings is 1. The van der Waals surface area contributed by atoms with Gasteiger partial charge in [-0.1, -0.05) is 31.6 Å². The van der Waals surface area contributed by atoms with Crippen molar-refractivity contribution in [3.63, 3.8) is 0 Å². The number of aliphatic hydroxyl groups is 1. The second kappa shape index (κ2) is 11.3. The van der Waals surface area contributed by atoms with Gasteiger partial charge in [0.1, 0.15) is 11.4 Å². The highest BCUT2D eigenvalue weighted by atomic mass is 16.5. The average Bonchev–Trinajstić information content (AvgIpc) is 3.25. The van der Waals surface area contributed by atoms with E-state index >= 15 is 0 Å². The standard InChI is InChI=1S/C33H43NO7/c1-31-15-12-23(35)18-22(31)6-9-25-26(31)13-16-32(2)27(25)14-17-33(32,39)28(36)20-41-30(38)11-10-29(37)34-19-21-4-7-24(40-3)8-5-21/h4-5,7-8,18,25-27,39H,6,9-17,19-20H2,1-3H3,(H,34,37)/t25?,26?,27?,31-,32-,33-/m0/s1. The SMILES string of the molecule is COc1ccc(CNC(=O)CCC(=O)OCC(=O)[C@@]2(O)CCC3C4CCC5=CC(=O)CC[C@]5(C)C4CC[C@@]32C)cc1. The van der Waals surface area contributed by atoms with Crippen molar-refractivity contribution in [1.82, 2.24) is 5.32 Å². The van der Waals surface area contributed by atoms with Crippen LogP contribution in [0.15, 0.2) is 35.9 Å². The quantitative estimate of drug-likeness (QED) is 0.424. The van der Waals surface area contributed by atoms with Crippen LogP contribution in [0.3, 0.4) is 0 Å². The van der Waals surface area contributed by atoms with Crippen molar-refractivity contribution in [3.05, 3.63) is 41.5 Å². The lowest BCUT2D eigenvalue weighted by atomic mass is 9.46. The molecule has 5 rings (SSSR count). The summed E-state index contributed by atoms with van der Waals surface area (Å²) >= 11 is 0. The van der Waals surface area contributed by atoms with Crippen LogP contribution < -0.4 is 10.1 Å². The van der Waals surface area contributed by atoms with Gasteiger partial charge < -0.3 is 19.9 Å². The van der Waals surface area contributed by atoms with E-state index in [1.165, 1.54) is 5.57 Å². The molecule has 222 valence electrons. The molecule has 1 aromatic carbocycles. The van der Waals surface area contributed by atoms with Crippen molar-refractivity contribution in [3.8, 4) is 5.75 Å². The van der Waals surface area contributed by atoms with E-state index in [9.17, 15) is 24.3 Å². The largest absolute Gasteiger partial charge is 0.497 e. The molecule has 3 saturated carbocycles. The van der Waals surface area contributed by atoms with Gasteiger partial charge in [0, 0.05) is 24.8 Å². The number of carbonyl (C=O) groups is 4. The Morgan fingerprint density at radius 2 is 1.71 bits per heavy atom. The third-order valence-electron chi connectivity index (χ3n) is 11.1. The molecule has 2 N–H and O–H groups in total. The fourth-order valence-electron chi connectivity index (χ4n) is 8.62. The number of carbonyl (C=O) groups excluding carboxylic acids is 4. The molecule has 0 heterocycles. The summed E-state index contributed by atoms with van der Waals surface area (Å²) in [6.07, 6.45) is 7.90. The number of nitrogens with one attached hydrogen (secondary N) is 1. The number of fused-ring (bicyclic) bond motifs is 5. The molecule has 8 heteroatoms. The molecule has 0 saturated heterocycles. The highest BCUT2D eigenvalue weighted by Crippen LogP contribution is 2.67. The van der Waals surface area contributed by atoms with Crippen molar-refractivity contribution >= 4 is 23.4 Å². The van der Waals surface area contributed by atoms with Gasteiger partial charge in [-0.3, -0.25) is 19.2 Å². The molecule has 3 fully saturated rings. The van der Waals surface area contributed by atoms with Gasteiger partial charge >= 0.3 is 5.97 Å². The monoisotopic (exact) mass is 565 g/mol. The number of allylic oxidation sites excluding steroid dienone is 1.